The highest BCUT2D eigenvalue weighted by Crippen LogP contribution is 2.17. The van der Waals surface area contributed by atoms with Crippen molar-refractivity contribution in [2.24, 2.45) is 0 Å². The number of rotatable bonds is 6. The Bertz CT molecular complexity index is 369. The monoisotopic (exact) mass is 301 g/mol. The second-order valence-electron chi connectivity index (χ2n) is 3.71. The van der Waals surface area contributed by atoms with Crippen molar-refractivity contribution >= 4 is 21.8 Å². The van der Waals surface area contributed by atoms with Crippen LogP contribution >= 0.6 is 15.9 Å². The summed E-state index contributed by atoms with van der Waals surface area (Å²) in [7, 11) is 0. The van der Waals surface area contributed by atoms with Crippen molar-refractivity contribution in [3.8, 4) is 5.75 Å². The van der Waals surface area contributed by atoms with Crippen LogP contribution in [0.5, 0.6) is 5.75 Å². The summed E-state index contributed by atoms with van der Waals surface area (Å²) in [5.74, 6) is 0.601. The molecule has 2 N–H and O–H groups in total. The fourth-order valence-electron chi connectivity index (χ4n) is 1.17. The minimum Gasteiger partial charge on any atom is -0.493 e. The number of nitrogens with one attached hydrogen (secondary N) is 1. The summed E-state index contributed by atoms with van der Waals surface area (Å²) in [5.41, 5.74) is 0. The molecule has 0 aromatic heterocycles. The van der Waals surface area contributed by atoms with Crippen LogP contribution in [0.3, 0.4) is 0 Å². The number of amides is 1. The van der Waals surface area contributed by atoms with Gasteiger partial charge >= 0.3 is 0 Å². The summed E-state index contributed by atoms with van der Waals surface area (Å²) < 4.78 is 6.35. The first-order chi connectivity index (χ1) is 8.08. The van der Waals surface area contributed by atoms with Crippen molar-refractivity contribution in [2.75, 3.05) is 13.2 Å². The third-order valence-corrected chi connectivity index (χ3v) is 2.48. The fraction of sp³-hybridized carbons (Fsp3) is 0.417. The van der Waals surface area contributed by atoms with Crippen molar-refractivity contribution in [1.82, 2.24) is 5.32 Å². The van der Waals surface area contributed by atoms with Gasteiger partial charge in [0.2, 0.25) is 5.91 Å². The number of carbonyl (C=O) groups excluding carboxylic acids is 1. The number of hydrogen-bond donors (Lipinski definition) is 2. The molecule has 1 rings (SSSR count). The maximum atomic E-state index is 11.3. The number of halogens is 1. The zero-order valence-electron chi connectivity index (χ0n) is 9.65. The third-order valence-electron chi connectivity index (χ3n) is 1.99. The van der Waals surface area contributed by atoms with Gasteiger partial charge in [0.25, 0.3) is 0 Å². The molecular formula is C12H16BrNO3. The number of carbonyl (C=O) groups is 1. The van der Waals surface area contributed by atoms with E-state index < -0.39 is 6.10 Å². The maximum Gasteiger partial charge on any atom is 0.223 e. The molecule has 0 spiro atoms. The van der Waals surface area contributed by atoms with Gasteiger partial charge in [0.15, 0.2) is 0 Å². The molecule has 17 heavy (non-hydrogen) atoms. The molecular weight excluding hydrogens is 286 g/mol. The Labute approximate surface area is 109 Å². The largest absolute Gasteiger partial charge is 0.493 e. The van der Waals surface area contributed by atoms with E-state index in [2.05, 4.69) is 21.2 Å². The van der Waals surface area contributed by atoms with Crippen LogP contribution in [-0.2, 0) is 4.79 Å². The quantitative estimate of drug-likeness (QED) is 0.841. The lowest BCUT2D eigenvalue weighted by Gasteiger charge is -2.08. The Morgan fingerprint density at radius 1 is 1.59 bits per heavy atom. The zero-order chi connectivity index (χ0) is 12.7. The van der Waals surface area contributed by atoms with Crippen molar-refractivity contribution in [2.45, 2.75) is 19.4 Å². The van der Waals surface area contributed by atoms with E-state index in [0.717, 1.165) is 10.2 Å². The Morgan fingerprint density at radius 2 is 2.35 bits per heavy atom. The topological polar surface area (TPSA) is 58.6 Å². The molecule has 1 aromatic rings. The molecule has 1 aromatic carbocycles. The standard InChI is InChI=1S/C12H16BrNO3/c1-9(15)8-14-12(16)5-6-17-11-4-2-3-10(13)7-11/h2-4,7,9,15H,5-6,8H2,1H3,(H,14,16). The fourth-order valence-corrected chi connectivity index (χ4v) is 1.55. The smallest absolute Gasteiger partial charge is 0.223 e. The molecule has 0 aliphatic rings. The first-order valence-corrected chi connectivity index (χ1v) is 6.20. The Balaban J connectivity index is 2.21. The summed E-state index contributed by atoms with van der Waals surface area (Å²) in [4.78, 5) is 11.3. The molecule has 1 unspecified atom stereocenters. The first-order valence-electron chi connectivity index (χ1n) is 5.41. The summed E-state index contributed by atoms with van der Waals surface area (Å²) in [6, 6.07) is 7.45. The summed E-state index contributed by atoms with van der Waals surface area (Å²) in [6.07, 6.45) is -0.246. The van der Waals surface area contributed by atoms with Crippen LogP contribution in [0.25, 0.3) is 0 Å². The Hall–Kier alpha value is -1.07. The van der Waals surface area contributed by atoms with Crippen LogP contribution in [-0.4, -0.2) is 30.3 Å². The van der Waals surface area contributed by atoms with E-state index >= 15 is 0 Å². The van der Waals surface area contributed by atoms with Gasteiger partial charge in [-0.2, -0.15) is 0 Å². The number of hydrogen-bond acceptors (Lipinski definition) is 3. The van der Waals surface area contributed by atoms with E-state index in [0.29, 0.717) is 6.61 Å². The average Bonchev–Trinajstić information content (AvgIpc) is 2.26. The van der Waals surface area contributed by atoms with Gasteiger partial charge in [-0.05, 0) is 25.1 Å². The van der Waals surface area contributed by atoms with Gasteiger partial charge in [-0.25, -0.2) is 0 Å². The van der Waals surface area contributed by atoms with Gasteiger partial charge in [0, 0.05) is 11.0 Å². The lowest BCUT2D eigenvalue weighted by atomic mass is 10.3. The van der Waals surface area contributed by atoms with Crippen molar-refractivity contribution in [3.05, 3.63) is 28.7 Å². The van der Waals surface area contributed by atoms with Crippen LogP contribution in [0.1, 0.15) is 13.3 Å². The third kappa shape index (κ3) is 6.28. The molecule has 1 amide bonds. The summed E-state index contributed by atoms with van der Waals surface area (Å²) in [6.45, 7) is 2.22. The van der Waals surface area contributed by atoms with Crippen molar-refractivity contribution in [3.63, 3.8) is 0 Å². The lowest BCUT2D eigenvalue weighted by Crippen LogP contribution is -2.31. The Kier molecular flexibility index (Phi) is 6.00. The minimum atomic E-state index is -0.523. The van der Waals surface area contributed by atoms with E-state index in [1.54, 1.807) is 6.92 Å². The highest BCUT2D eigenvalue weighted by atomic mass is 79.9. The number of benzene rings is 1. The second kappa shape index (κ2) is 7.29. The van der Waals surface area contributed by atoms with Crippen LogP contribution in [0.15, 0.2) is 28.7 Å². The van der Waals surface area contributed by atoms with Crippen molar-refractivity contribution in [1.29, 1.82) is 0 Å². The van der Waals surface area contributed by atoms with Gasteiger partial charge in [-0.15, -0.1) is 0 Å². The molecule has 5 heteroatoms. The van der Waals surface area contributed by atoms with Crippen LogP contribution in [0.2, 0.25) is 0 Å². The second-order valence-corrected chi connectivity index (χ2v) is 4.62. The van der Waals surface area contributed by atoms with Gasteiger partial charge in [-0.3, -0.25) is 4.79 Å². The normalized spacial score (nSPS) is 11.9. The van der Waals surface area contributed by atoms with Gasteiger partial charge in [0.05, 0.1) is 19.1 Å². The van der Waals surface area contributed by atoms with Crippen LogP contribution in [0.4, 0.5) is 0 Å². The van der Waals surface area contributed by atoms with Crippen molar-refractivity contribution < 1.29 is 14.6 Å². The SMILES string of the molecule is CC(O)CNC(=O)CCOc1cccc(Br)c1. The predicted octanol–water partition coefficient (Wildman–Crippen LogP) is 1.71. The number of aliphatic hydroxyl groups excluding tert-OH is 1. The molecule has 0 saturated heterocycles. The number of aliphatic hydroxyl groups is 1. The minimum absolute atomic E-state index is 0.124. The molecule has 0 fully saturated rings. The van der Waals surface area contributed by atoms with Gasteiger partial charge < -0.3 is 15.2 Å². The van der Waals surface area contributed by atoms with E-state index in [1.165, 1.54) is 0 Å². The van der Waals surface area contributed by atoms with E-state index in [4.69, 9.17) is 9.84 Å². The molecule has 94 valence electrons. The Morgan fingerprint density at radius 3 is 3.00 bits per heavy atom. The van der Waals surface area contributed by atoms with Crippen LogP contribution in [0, 0.1) is 0 Å². The lowest BCUT2D eigenvalue weighted by molar-refractivity contribution is -0.122. The molecule has 0 aliphatic carbocycles. The maximum absolute atomic E-state index is 11.3. The zero-order valence-corrected chi connectivity index (χ0v) is 11.2. The highest BCUT2D eigenvalue weighted by molar-refractivity contribution is 9.10. The first kappa shape index (κ1) is 14.0. The van der Waals surface area contributed by atoms with E-state index in [-0.39, 0.29) is 18.9 Å². The highest BCUT2D eigenvalue weighted by Gasteiger charge is 2.03. The summed E-state index contributed by atoms with van der Waals surface area (Å²) >= 11 is 3.34. The van der Waals surface area contributed by atoms with Gasteiger partial charge in [0.1, 0.15) is 5.75 Å². The average molecular weight is 302 g/mol. The van der Waals surface area contributed by atoms with E-state index in [9.17, 15) is 4.79 Å². The van der Waals surface area contributed by atoms with E-state index in [1.807, 2.05) is 24.3 Å². The van der Waals surface area contributed by atoms with Gasteiger partial charge in [-0.1, -0.05) is 22.0 Å². The molecule has 1 atom stereocenters. The molecule has 4 nitrogen and oxygen atoms in total. The number of ether oxygens (including phenoxy) is 1. The van der Waals surface area contributed by atoms with Crippen LogP contribution < -0.4 is 10.1 Å². The molecule has 0 aliphatic heterocycles. The summed E-state index contributed by atoms with van der Waals surface area (Å²) in [5, 5.41) is 11.6. The molecule has 0 radical (unpaired) electrons. The molecule has 0 bridgehead atoms. The molecule has 0 heterocycles. The molecule has 0 saturated carbocycles. The predicted molar refractivity (Wildman–Crippen MR) is 68.9 cm³/mol.